The van der Waals surface area contributed by atoms with Crippen molar-refractivity contribution in [3.63, 3.8) is 0 Å². The molecule has 0 saturated heterocycles. The Morgan fingerprint density at radius 3 is 2.46 bits per heavy atom. The van der Waals surface area contributed by atoms with Crippen LogP contribution in [0.5, 0.6) is 0 Å². The van der Waals surface area contributed by atoms with Crippen molar-refractivity contribution in [3.8, 4) is 0 Å². The van der Waals surface area contributed by atoms with Crippen LogP contribution in [0.15, 0.2) is 30.3 Å². The van der Waals surface area contributed by atoms with Crippen LogP contribution in [0.3, 0.4) is 0 Å². The van der Waals surface area contributed by atoms with Crippen LogP contribution in [-0.2, 0) is 6.42 Å². The molecule has 0 bridgehead atoms. The van der Waals surface area contributed by atoms with Gasteiger partial charge in [-0.3, -0.25) is 4.67 Å². The first-order chi connectivity index (χ1) is 6.24. The van der Waals surface area contributed by atoms with E-state index < -0.39 is 0 Å². The molecule has 2 heteroatoms. The van der Waals surface area contributed by atoms with Crippen LogP contribution in [0.1, 0.15) is 19.4 Å². The summed E-state index contributed by atoms with van der Waals surface area (Å²) < 4.78 is 2.28. The van der Waals surface area contributed by atoms with Gasteiger partial charge in [0.25, 0.3) is 0 Å². The Balaban J connectivity index is 2.50. The molecule has 0 amide bonds. The Hall–Kier alpha value is -0.390. The summed E-state index contributed by atoms with van der Waals surface area (Å²) in [4.78, 5) is 0. The lowest BCUT2D eigenvalue weighted by atomic mass is 10.1. The van der Waals surface area contributed by atoms with Gasteiger partial charge in [0, 0.05) is 6.04 Å². The zero-order chi connectivity index (χ0) is 9.68. The Kier molecular flexibility index (Phi) is 4.41. The molecule has 1 rings (SSSR count). The first kappa shape index (κ1) is 10.7. The van der Waals surface area contributed by atoms with E-state index in [0.717, 1.165) is 13.0 Å². The van der Waals surface area contributed by atoms with Gasteiger partial charge < -0.3 is 0 Å². The molecule has 0 saturated carbocycles. The molecule has 1 aromatic carbocycles. The fourth-order valence-corrected chi connectivity index (χ4v) is 1.49. The molecule has 0 aliphatic carbocycles. The summed E-state index contributed by atoms with van der Waals surface area (Å²) in [6, 6.07) is 11.2. The Labute approximate surface area is 83.4 Å². The third kappa shape index (κ3) is 3.46. The van der Waals surface area contributed by atoms with E-state index in [9.17, 15) is 0 Å². The number of rotatable bonds is 4. The van der Waals surface area contributed by atoms with Gasteiger partial charge in [-0.1, -0.05) is 46.6 Å². The summed E-state index contributed by atoms with van der Waals surface area (Å²) in [5.41, 5.74) is 1.41. The highest BCUT2D eigenvalue weighted by atomic mass is 31.0. The highest BCUT2D eigenvalue weighted by Crippen LogP contribution is 2.11. The SMILES string of the molecule is CCN(P)[C@@H](C)Cc1ccccc1. The molecule has 72 valence electrons. The summed E-state index contributed by atoms with van der Waals surface area (Å²) >= 11 is 0. The van der Waals surface area contributed by atoms with Crippen LogP contribution in [0.4, 0.5) is 0 Å². The van der Waals surface area contributed by atoms with Crippen molar-refractivity contribution >= 4 is 9.39 Å². The fourth-order valence-electron chi connectivity index (χ4n) is 1.38. The molecular weight excluding hydrogens is 177 g/mol. The van der Waals surface area contributed by atoms with Gasteiger partial charge in [-0.15, -0.1) is 0 Å². The van der Waals surface area contributed by atoms with Crippen molar-refractivity contribution in [2.75, 3.05) is 6.54 Å². The smallest absolute Gasteiger partial charge is 0.0141 e. The van der Waals surface area contributed by atoms with Crippen LogP contribution in [0.25, 0.3) is 0 Å². The summed E-state index contributed by atoms with van der Waals surface area (Å²) in [5.74, 6) is 0. The zero-order valence-electron chi connectivity index (χ0n) is 8.40. The molecule has 2 atom stereocenters. The Bertz CT molecular complexity index is 235. The van der Waals surface area contributed by atoms with Crippen molar-refractivity contribution in [2.24, 2.45) is 0 Å². The van der Waals surface area contributed by atoms with E-state index in [-0.39, 0.29) is 0 Å². The molecule has 0 spiro atoms. The van der Waals surface area contributed by atoms with Gasteiger partial charge in [0.15, 0.2) is 0 Å². The van der Waals surface area contributed by atoms with Gasteiger partial charge in [0.2, 0.25) is 0 Å². The van der Waals surface area contributed by atoms with E-state index in [0.29, 0.717) is 6.04 Å². The maximum atomic E-state index is 2.78. The van der Waals surface area contributed by atoms with Gasteiger partial charge in [0.1, 0.15) is 0 Å². The topological polar surface area (TPSA) is 3.24 Å². The minimum Gasteiger partial charge on any atom is -0.285 e. The number of hydrogen-bond donors (Lipinski definition) is 0. The Morgan fingerprint density at radius 1 is 1.31 bits per heavy atom. The second kappa shape index (κ2) is 5.36. The number of nitrogens with zero attached hydrogens (tertiary/aromatic N) is 1. The summed E-state index contributed by atoms with van der Waals surface area (Å²) in [7, 11) is 2.78. The molecule has 0 heterocycles. The van der Waals surface area contributed by atoms with E-state index in [1.54, 1.807) is 0 Å². The molecule has 1 unspecified atom stereocenters. The first-order valence-corrected chi connectivity index (χ1v) is 5.31. The quantitative estimate of drug-likeness (QED) is 0.668. The number of benzene rings is 1. The van der Waals surface area contributed by atoms with Gasteiger partial charge in [-0.05, 0) is 25.5 Å². The minimum absolute atomic E-state index is 0.595. The van der Waals surface area contributed by atoms with E-state index >= 15 is 0 Å². The number of likely N-dealkylation sites (N-methyl/N-ethyl adjacent to an activating group) is 1. The monoisotopic (exact) mass is 195 g/mol. The highest BCUT2D eigenvalue weighted by Gasteiger charge is 2.07. The first-order valence-electron chi connectivity index (χ1n) is 4.79. The number of hydrogen-bond acceptors (Lipinski definition) is 1. The van der Waals surface area contributed by atoms with Gasteiger partial charge in [-0.2, -0.15) is 0 Å². The third-order valence-corrected chi connectivity index (χ3v) is 3.18. The standard InChI is InChI=1S/C11H18NP/c1-3-12(13)10(2)9-11-7-5-4-6-8-11/h4-8,10H,3,9,13H2,1-2H3/t10-/m0/s1. The third-order valence-electron chi connectivity index (χ3n) is 2.31. The van der Waals surface area contributed by atoms with Crippen LogP contribution >= 0.6 is 9.39 Å². The van der Waals surface area contributed by atoms with Crippen molar-refractivity contribution in [1.82, 2.24) is 4.67 Å². The fraction of sp³-hybridized carbons (Fsp3) is 0.455. The molecular formula is C11H18NP. The summed E-state index contributed by atoms with van der Waals surface area (Å²) in [6.45, 7) is 5.51. The van der Waals surface area contributed by atoms with Crippen LogP contribution in [-0.4, -0.2) is 17.3 Å². The van der Waals surface area contributed by atoms with Crippen LogP contribution < -0.4 is 0 Å². The van der Waals surface area contributed by atoms with Gasteiger partial charge in [-0.25, -0.2) is 0 Å². The normalized spacial score (nSPS) is 13.2. The maximum Gasteiger partial charge on any atom is 0.0141 e. The second-order valence-corrected chi connectivity index (χ2v) is 4.03. The molecule has 0 N–H and O–H groups in total. The van der Waals surface area contributed by atoms with E-state index in [1.165, 1.54) is 5.56 Å². The average molecular weight is 195 g/mol. The Morgan fingerprint density at radius 2 is 1.92 bits per heavy atom. The molecule has 0 aliphatic heterocycles. The molecule has 0 aliphatic rings. The van der Waals surface area contributed by atoms with E-state index in [4.69, 9.17) is 0 Å². The maximum absolute atomic E-state index is 2.78. The molecule has 1 aromatic rings. The molecule has 0 radical (unpaired) electrons. The van der Waals surface area contributed by atoms with Crippen LogP contribution in [0, 0.1) is 0 Å². The van der Waals surface area contributed by atoms with Crippen molar-refractivity contribution in [3.05, 3.63) is 35.9 Å². The van der Waals surface area contributed by atoms with Crippen molar-refractivity contribution in [2.45, 2.75) is 26.3 Å². The van der Waals surface area contributed by atoms with Crippen molar-refractivity contribution < 1.29 is 0 Å². The predicted molar refractivity (Wildman–Crippen MR) is 61.7 cm³/mol. The lowest BCUT2D eigenvalue weighted by molar-refractivity contribution is 0.386. The minimum atomic E-state index is 0.595. The second-order valence-electron chi connectivity index (χ2n) is 3.37. The van der Waals surface area contributed by atoms with Crippen LogP contribution in [0.2, 0.25) is 0 Å². The largest absolute Gasteiger partial charge is 0.285 e. The van der Waals surface area contributed by atoms with Gasteiger partial charge >= 0.3 is 0 Å². The molecule has 1 nitrogen and oxygen atoms in total. The molecule has 13 heavy (non-hydrogen) atoms. The predicted octanol–water partition coefficient (Wildman–Crippen LogP) is 2.73. The highest BCUT2D eigenvalue weighted by molar-refractivity contribution is 7.13. The van der Waals surface area contributed by atoms with Gasteiger partial charge in [0.05, 0.1) is 0 Å². The molecule has 0 fully saturated rings. The summed E-state index contributed by atoms with van der Waals surface area (Å²) in [6.07, 6.45) is 1.12. The van der Waals surface area contributed by atoms with E-state index in [2.05, 4.69) is 58.2 Å². The lowest BCUT2D eigenvalue weighted by Crippen LogP contribution is -2.25. The zero-order valence-corrected chi connectivity index (χ0v) is 9.56. The molecule has 0 aromatic heterocycles. The average Bonchev–Trinajstić information content (AvgIpc) is 2.18. The van der Waals surface area contributed by atoms with Crippen molar-refractivity contribution in [1.29, 1.82) is 0 Å². The van der Waals surface area contributed by atoms with E-state index in [1.807, 2.05) is 0 Å². The lowest BCUT2D eigenvalue weighted by Gasteiger charge is -2.22. The summed E-state index contributed by atoms with van der Waals surface area (Å²) in [5, 5.41) is 0.